The molecule has 2 atom stereocenters. The summed E-state index contributed by atoms with van der Waals surface area (Å²) in [7, 11) is 0. The van der Waals surface area contributed by atoms with Crippen molar-refractivity contribution < 1.29 is 23.9 Å². The summed E-state index contributed by atoms with van der Waals surface area (Å²) in [5.41, 5.74) is -0.000659. The van der Waals surface area contributed by atoms with Crippen LogP contribution in [-0.4, -0.2) is 47.4 Å². The molecule has 0 unspecified atom stereocenters. The predicted octanol–water partition coefficient (Wildman–Crippen LogP) is 2.28. The third-order valence-electron chi connectivity index (χ3n) is 6.01. The first-order valence-corrected chi connectivity index (χ1v) is 10.4. The SMILES string of the molecule is C[C@@H](NC(=O)COC(=O)CN1C(=O)N[C@@](C)(C2CC2)C1=O)c1cccc2ccccc12. The van der Waals surface area contributed by atoms with Crippen molar-refractivity contribution in [2.45, 2.75) is 38.3 Å². The number of carbonyl (C=O) groups is 4. The van der Waals surface area contributed by atoms with Gasteiger partial charge in [-0.05, 0) is 48.9 Å². The van der Waals surface area contributed by atoms with Crippen LogP contribution in [0.1, 0.15) is 38.3 Å². The molecule has 0 spiro atoms. The molecular formula is C23H25N3O5. The minimum absolute atomic E-state index is 0.103. The minimum Gasteiger partial charge on any atom is -0.454 e. The van der Waals surface area contributed by atoms with Gasteiger partial charge >= 0.3 is 12.0 Å². The maximum atomic E-state index is 12.6. The number of amides is 4. The Labute approximate surface area is 179 Å². The van der Waals surface area contributed by atoms with Gasteiger partial charge in [-0.2, -0.15) is 0 Å². The molecule has 162 valence electrons. The monoisotopic (exact) mass is 423 g/mol. The summed E-state index contributed by atoms with van der Waals surface area (Å²) < 4.78 is 5.01. The third kappa shape index (κ3) is 4.10. The van der Waals surface area contributed by atoms with Crippen LogP contribution in [0.5, 0.6) is 0 Å². The Morgan fingerprint density at radius 2 is 1.90 bits per heavy atom. The maximum absolute atomic E-state index is 12.6. The quantitative estimate of drug-likeness (QED) is 0.525. The van der Waals surface area contributed by atoms with Gasteiger partial charge in [0.05, 0.1) is 6.04 Å². The third-order valence-corrected chi connectivity index (χ3v) is 6.01. The first-order chi connectivity index (χ1) is 14.8. The molecule has 8 heteroatoms. The van der Waals surface area contributed by atoms with Gasteiger partial charge in [0.2, 0.25) is 0 Å². The van der Waals surface area contributed by atoms with Crippen molar-refractivity contribution >= 4 is 34.6 Å². The number of nitrogens with one attached hydrogen (secondary N) is 2. The molecule has 2 fully saturated rings. The lowest BCUT2D eigenvalue weighted by Crippen LogP contribution is -2.46. The van der Waals surface area contributed by atoms with E-state index in [1.807, 2.05) is 49.4 Å². The van der Waals surface area contributed by atoms with Crippen molar-refractivity contribution in [2.75, 3.05) is 13.2 Å². The standard InChI is InChI=1S/C23H25N3O5/c1-14(17-9-5-7-15-6-3-4-8-18(15)17)24-19(27)13-31-20(28)12-26-21(29)23(2,16-10-11-16)25-22(26)30/h3-9,14,16H,10-13H2,1-2H3,(H,24,27)(H,25,30)/t14-,23+/m1/s1. The summed E-state index contributed by atoms with van der Waals surface area (Å²) in [4.78, 5) is 50.0. The number of imide groups is 1. The highest BCUT2D eigenvalue weighted by Gasteiger charge is 2.56. The fraction of sp³-hybridized carbons (Fsp3) is 0.391. The zero-order valence-corrected chi connectivity index (χ0v) is 17.5. The molecule has 0 aromatic heterocycles. The van der Waals surface area contributed by atoms with Crippen molar-refractivity contribution in [1.82, 2.24) is 15.5 Å². The van der Waals surface area contributed by atoms with Gasteiger partial charge in [-0.1, -0.05) is 42.5 Å². The second-order valence-corrected chi connectivity index (χ2v) is 8.32. The second-order valence-electron chi connectivity index (χ2n) is 8.32. The fourth-order valence-electron chi connectivity index (χ4n) is 4.11. The summed E-state index contributed by atoms with van der Waals surface area (Å²) in [6.07, 6.45) is 1.74. The van der Waals surface area contributed by atoms with E-state index in [0.29, 0.717) is 0 Å². The van der Waals surface area contributed by atoms with Crippen LogP contribution in [0.4, 0.5) is 4.79 Å². The number of hydrogen-bond acceptors (Lipinski definition) is 5. The van der Waals surface area contributed by atoms with Crippen LogP contribution in [0, 0.1) is 5.92 Å². The zero-order chi connectivity index (χ0) is 22.2. The lowest BCUT2D eigenvalue weighted by atomic mass is 9.96. The number of benzene rings is 2. The molecule has 2 aromatic rings. The van der Waals surface area contributed by atoms with Gasteiger partial charge in [0, 0.05) is 0 Å². The molecular weight excluding hydrogens is 398 g/mol. The van der Waals surface area contributed by atoms with Crippen LogP contribution in [0.25, 0.3) is 10.8 Å². The van der Waals surface area contributed by atoms with Gasteiger partial charge < -0.3 is 15.4 Å². The van der Waals surface area contributed by atoms with Crippen LogP contribution >= 0.6 is 0 Å². The van der Waals surface area contributed by atoms with Crippen molar-refractivity contribution in [3.63, 3.8) is 0 Å². The number of ether oxygens (including phenoxy) is 1. The Bertz CT molecular complexity index is 1060. The highest BCUT2D eigenvalue weighted by molar-refractivity contribution is 6.08. The van der Waals surface area contributed by atoms with Gasteiger partial charge in [-0.3, -0.25) is 19.3 Å². The molecule has 2 N–H and O–H groups in total. The highest BCUT2D eigenvalue weighted by Crippen LogP contribution is 2.42. The predicted molar refractivity (Wildman–Crippen MR) is 113 cm³/mol. The average Bonchev–Trinajstić information content (AvgIpc) is 3.58. The van der Waals surface area contributed by atoms with Crippen LogP contribution < -0.4 is 10.6 Å². The molecule has 1 aliphatic carbocycles. The molecule has 2 aliphatic rings. The number of carbonyl (C=O) groups excluding carboxylic acids is 4. The van der Waals surface area contributed by atoms with Gasteiger partial charge in [-0.15, -0.1) is 0 Å². The Morgan fingerprint density at radius 3 is 2.65 bits per heavy atom. The normalized spacial score (nSPS) is 21.7. The molecule has 1 saturated carbocycles. The molecule has 8 nitrogen and oxygen atoms in total. The number of nitrogens with zero attached hydrogens (tertiary/aromatic N) is 1. The van der Waals surface area contributed by atoms with Crippen molar-refractivity contribution in [3.05, 3.63) is 48.0 Å². The number of hydrogen-bond donors (Lipinski definition) is 2. The highest BCUT2D eigenvalue weighted by atomic mass is 16.5. The van der Waals surface area contributed by atoms with Gasteiger partial charge in [0.1, 0.15) is 12.1 Å². The molecule has 31 heavy (non-hydrogen) atoms. The number of rotatable bonds is 7. The van der Waals surface area contributed by atoms with E-state index in [4.69, 9.17) is 4.74 Å². The molecule has 1 saturated heterocycles. The lowest BCUT2D eigenvalue weighted by molar-refractivity contribution is -0.151. The first kappa shape index (κ1) is 20.8. The van der Waals surface area contributed by atoms with Crippen molar-refractivity contribution in [2.24, 2.45) is 5.92 Å². The number of fused-ring (bicyclic) bond motifs is 1. The van der Waals surface area contributed by atoms with Gasteiger partial charge in [0.15, 0.2) is 6.61 Å². The Morgan fingerprint density at radius 1 is 1.19 bits per heavy atom. The topological polar surface area (TPSA) is 105 Å². The van der Waals surface area contributed by atoms with E-state index in [-0.39, 0.29) is 12.0 Å². The lowest BCUT2D eigenvalue weighted by Gasteiger charge is -2.20. The Balaban J connectivity index is 1.30. The van der Waals surface area contributed by atoms with Gasteiger partial charge in [-0.25, -0.2) is 4.79 Å². The van der Waals surface area contributed by atoms with Crippen molar-refractivity contribution in [1.29, 1.82) is 0 Å². The maximum Gasteiger partial charge on any atom is 0.326 e. The van der Waals surface area contributed by atoms with E-state index in [2.05, 4.69) is 10.6 Å². The average molecular weight is 423 g/mol. The molecule has 4 rings (SSSR count). The zero-order valence-electron chi connectivity index (χ0n) is 17.5. The van der Waals surface area contributed by atoms with E-state index in [0.717, 1.165) is 34.1 Å². The van der Waals surface area contributed by atoms with E-state index in [1.54, 1.807) is 6.92 Å². The van der Waals surface area contributed by atoms with Crippen LogP contribution in [0.2, 0.25) is 0 Å². The summed E-state index contributed by atoms with van der Waals surface area (Å²) >= 11 is 0. The summed E-state index contributed by atoms with van der Waals surface area (Å²) in [6.45, 7) is 2.53. The minimum atomic E-state index is -0.956. The summed E-state index contributed by atoms with van der Waals surface area (Å²) in [5, 5.41) is 7.59. The number of urea groups is 1. The van der Waals surface area contributed by atoms with E-state index in [1.165, 1.54) is 0 Å². The van der Waals surface area contributed by atoms with Crippen LogP contribution in [0.3, 0.4) is 0 Å². The fourth-order valence-corrected chi connectivity index (χ4v) is 4.11. The smallest absolute Gasteiger partial charge is 0.326 e. The van der Waals surface area contributed by atoms with E-state index in [9.17, 15) is 19.2 Å². The van der Waals surface area contributed by atoms with Crippen molar-refractivity contribution in [3.8, 4) is 0 Å². The Kier molecular flexibility index (Phi) is 5.39. The molecule has 0 bridgehead atoms. The second kappa shape index (κ2) is 8.02. The molecule has 0 radical (unpaired) electrons. The molecule has 2 aromatic carbocycles. The summed E-state index contributed by atoms with van der Waals surface area (Å²) in [5.74, 6) is -1.59. The Hall–Kier alpha value is -3.42. The molecule has 4 amide bonds. The van der Waals surface area contributed by atoms with Crippen LogP contribution in [0.15, 0.2) is 42.5 Å². The summed E-state index contributed by atoms with van der Waals surface area (Å²) in [6, 6.07) is 12.8. The van der Waals surface area contributed by atoms with Crippen LogP contribution in [-0.2, 0) is 19.1 Å². The number of esters is 1. The molecule has 1 aliphatic heterocycles. The van der Waals surface area contributed by atoms with Gasteiger partial charge in [0.25, 0.3) is 11.8 Å². The van der Waals surface area contributed by atoms with E-state index < -0.39 is 42.5 Å². The molecule has 1 heterocycles. The van der Waals surface area contributed by atoms with E-state index >= 15 is 0 Å². The first-order valence-electron chi connectivity index (χ1n) is 10.4. The largest absolute Gasteiger partial charge is 0.454 e.